The number of nitrogens with one attached hydrogen (secondary N) is 1. The van der Waals surface area contributed by atoms with E-state index in [4.69, 9.17) is 5.73 Å². The van der Waals surface area contributed by atoms with Gasteiger partial charge >= 0.3 is 0 Å². The van der Waals surface area contributed by atoms with Crippen LogP contribution < -0.4 is 11.1 Å². The van der Waals surface area contributed by atoms with Crippen LogP contribution in [0, 0.1) is 12.7 Å². The topological polar surface area (TPSA) is 63.8 Å². The van der Waals surface area contributed by atoms with Crippen molar-refractivity contribution in [1.29, 1.82) is 0 Å². The lowest BCUT2D eigenvalue weighted by molar-refractivity contribution is 0.624. The lowest BCUT2D eigenvalue weighted by atomic mass is 10.1. The van der Waals surface area contributed by atoms with E-state index in [1.54, 1.807) is 0 Å². The maximum Gasteiger partial charge on any atom is 0.222 e. The highest BCUT2D eigenvalue weighted by Gasteiger charge is 2.15. The van der Waals surface area contributed by atoms with Gasteiger partial charge in [-0.25, -0.2) is 9.37 Å². The molecular formula is C17H15FN4. The van der Waals surface area contributed by atoms with Crippen molar-refractivity contribution in [1.82, 2.24) is 9.97 Å². The second-order valence-electron chi connectivity index (χ2n) is 4.95. The van der Waals surface area contributed by atoms with Crippen LogP contribution in [-0.2, 0) is 0 Å². The van der Waals surface area contributed by atoms with Crippen LogP contribution in [0.2, 0.25) is 0 Å². The van der Waals surface area contributed by atoms with Gasteiger partial charge in [-0.15, -0.1) is 0 Å². The molecule has 0 bridgehead atoms. The van der Waals surface area contributed by atoms with Gasteiger partial charge in [-0.2, -0.15) is 4.98 Å². The maximum absolute atomic E-state index is 14.7. The summed E-state index contributed by atoms with van der Waals surface area (Å²) < 4.78 is 14.7. The first-order chi connectivity index (χ1) is 10.6. The van der Waals surface area contributed by atoms with Gasteiger partial charge in [0.25, 0.3) is 0 Å². The predicted octanol–water partition coefficient (Wildman–Crippen LogP) is 3.92. The monoisotopic (exact) mass is 294 g/mol. The summed E-state index contributed by atoms with van der Waals surface area (Å²) in [5, 5.41) is 2.93. The molecule has 2 aromatic carbocycles. The first-order valence-electron chi connectivity index (χ1n) is 6.85. The third kappa shape index (κ3) is 2.88. The second-order valence-corrected chi connectivity index (χ2v) is 4.95. The Morgan fingerprint density at radius 2 is 1.64 bits per heavy atom. The lowest BCUT2D eigenvalue weighted by Gasteiger charge is -2.10. The van der Waals surface area contributed by atoms with Crippen molar-refractivity contribution in [2.24, 2.45) is 0 Å². The number of hydrogen-bond donors (Lipinski definition) is 2. The second kappa shape index (κ2) is 5.81. The fraction of sp³-hybridized carbons (Fsp3) is 0.0588. The molecule has 1 aromatic heterocycles. The number of nitrogens with two attached hydrogens (primary N) is 1. The fourth-order valence-corrected chi connectivity index (χ4v) is 2.11. The number of nitrogens with zero attached hydrogens (tertiary/aromatic N) is 2. The normalized spacial score (nSPS) is 10.5. The summed E-state index contributed by atoms with van der Waals surface area (Å²) in [4.78, 5) is 7.98. The van der Waals surface area contributed by atoms with Gasteiger partial charge in [-0.1, -0.05) is 48.0 Å². The van der Waals surface area contributed by atoms with Crippen LogP contribution in [0.1, 0.15) is 5.56 Å². The van der Waals surface area contributed by atoms with E-state index in [2.05, 4.69) is 15.3 Å². The Balaban J connectivity index is 2.04. The summed E-state index contributed by atoms with van der Waals surface area (Å²) in [7, 11) is 0. The van der Waals surface area contributed by atoms with E-state index >= 15 is 0 Å². The van der Waals surface area contributed by atoms with Crippen molar-refractivity contribution >= 4 is 17.5 Å². The highest BCUT2D eigenvalue weighted by Crippen LogP contribution is 2.27. The molecule has 0 atom stereocenters. The Morgan fingerprint density at radius 3 is 2.32 bits per heavy atom. The molecule has 0 unspecified atom stereocenters. The van der Waals surface area contributed by atoms with E-state index in [1.807, 2.05) is 61.5 Å². The Labute approximate surface area is 127 Å². The summed E-state index contributed by atoms with van der Waals surface area (Å²) in [6.45, 7) is 1.97. The van der Waals surface area contributed by atoms with Gasteiger partial charge in [-0.05, 0) is 19.1 Å². The Hall–Kier alpha value is -2.95. The van der Waals surface area contributed by atoms with Gasteiger partial charge in [0.15, 0.2) is 11.6 Å². The quantitative estimate of drug-likeness (QED) is 0.768. The van der Waals surface area contributed by atoms with E-state index in [9.17, 15) is 4.39 Å². The fourth-order valence-electron chi connectivity index (χ4n) is 2.11. The molecule has 5 heteroatoms. The molecule has 0 aliphatic carbocycles. The maximum atomic E-state index is 14.7. The van der Waals surface area contributed by atoms with Crippen molar-refractivity contribution in [2.45, 2.75) is 6.92 Å². The van der Waals surface area contributed by atoms with Crippen LogP contribution in [-0.4, -0.2) is 9.97 Å². The molecule has 0 spiro atoms. The van der Waals surface area contributed by atoms with Crippen LogP contribution in [0.15, 0.2) is 54.6 Å². The highest BCUT2D eigenvalue weighted by molar-refractivity contribution is 5.68. The molecule has 110 valence electrons. The molecular weight excluding hydrogens is 279 g/mol. The largest absolute Gasteiger partial charge is 0.368 e. The lowest BCUT2D eigenvalue weighted by Crippen LogP contribution is -2.05. The molecule has 0 amide bonds. The summed E-state index contributed by atoms with van der Waals surface area (Å²) in [6.07, 6.45) is 0. The van der Waals surface area contributed by atoms with Crippen LogP contribution in [0.4, 0.5) is 21.8 Å². The van der Waals surface area contributed by atoms with E-state index < -0.39 is 5.82 Å². The number of para-hydroxylation sites is 1. The first-order valence-corrected chi connectivity index (χ1v) is 6.85. The van der Waals surface area contributed by atoms with Crippen LogP contribution in [0.25, 0.3) is 11.3 Å². The summed E-state index contributed by atoms with van der Waals surface area (Å²) in [5.74, 6) is -0.438. The van der Waals surface area contributed by atoms with Crippen LogP contribution >= 0.6 is 0 Å². The number of anilines is 3. The van der Waals surface area contributed by atoms with E-state index in [1.165, 1.54) is 0 Å². The van der Waals surface area contributed by atoms with Crippen molar-refractivity contribution in [3.05, 3.63) is 66.0 Å². The highest BCUT2D eigenvalue weighted by atomic mass is 19.1. The number of nitrogen functional groups attached to an aromatic ring is 1. The van der Waals surface area contributed by atoms with E-state index in [0.29, 0.717) is 5.56 Å². The minimum Gasteiger partial charge on any atom is -0.368 e. The molecule has 1 heterocycles. The predicted molar refractivity (Wildman–Crippen MR) is 86.3 cm³/mol. The standard InChI is InChI=1S/C17H15FN4/c1-11-7-9-12(10-8-11)15-14(18)16(22-17(19)21-15)20-13-5-3-2-4-6-13/h2-10H,1H3,(H3,19,20,21,22). The van der Waals surface area contributed by atoms with Crippen molar-refractivity contribution < 1.29 is 4.39 Å². The van der Waals surface area contributed by atoms with Crippen molar-refractivity contribution in [2.75, 3.05) is 11.1 Å². The summed E-state index contributed by atoms with van der Waals surface area (Å²) in [6, 6.07) is 16.7. The molecule has 3 N–H and O–H groups in total. The number of halogens is 1. The molecule has 0 aliphatic rings. The van der Waals surface area contributed by atoms with Gasteiger partial charge in [0.05, 0.1) is 0 Å². The SMILES string of the molecule is Cc1ccc(-c2nc(N)nc(Nc3ccccc3)c2F)cc1. The number of hydrogen-bond acceptors (Lipinski definition) is 4. The summed E-state index contributed by atoms with van der Waals surface area (Å²) in [5.41, 5.74) is 8.39. The third-order valence-electron chi connectivity index (χ3n) is 3.23. The van der Waals surface area contributed by atoms with Gasteiger partial charge < -0.3 is 11.1 Å². The smallest absolute Gasteiger partial charge is 0.222 e. The van der Waals surface area contributed by atoms with Crippen LogP contribution in [0.3, 0.4) is 0 Å². The van der Waals surface area contributed by atoms with Gasteiger partial charge in [0, 0.05) is 11.3 Å². The van der Waals surface area contributed by atoms with E-state index in [0.717, 1.165) is 11.3 Å². The number of rotatable bonds is 3. The molecule has 0 radical (unpaired) electrons. The minimum absolute atomic E-state index is 0.0235. The number of benzene rings is 2. The third-order valence-corrected chi connectivity index (χ3v) is 3.23. The molecule has 0 saturated heterocycles. The average Bonchev–Trinajstić information content (AvgIpc) is 2.52. The Bertz CT molecular complexity index is 786. The number of aromatic nitrogens is 2. The molecule has 0 fully saturated rings. The van der Waals surface area contributed by atoms with Crippen molar-refractivity contribution in [3.8, 4) is 11.3 Å². The zero-order chi connectivity index (χ0) is 15.5. The van der Waals surface area contributed by atoms with Crippen molar-refractivity contribution in [3.63, 3.8) is 0 Å². The van der Waals surface area contributed by atoms with Gasteiger partial charge in [0.2, 0.25) is 5.95 Å². The zero-order valence-electron chi connectivity index (χ0n) is 12.0. The van der Waals surface area contributed by atoms with Crippen LogP contribution in [0.5, 0.6) is 0 Å². The zero-order valence-corrected chi connectivity index (χ0v) is 12.0. The Kier molecular flexibility index (Phi) is 3.70. The average molecular weight is 294 g/mol. The minimum atomic E-state index is -0.526. The molecule has 3 aromatic rings. The Morgan fingerprint density at radius 1 is 0.955 bits per heavy atom. The molecule has 22 heavy (non-hydrogen) atoms. The molecule has 0 saturated carbocycles. The van der Waals surface area contributed by atoms with E-state index in [-0.39, 0.29) is 17.5 Å². The summed E-state index contributed by atoms with van der Waals surface area (Å²) >= 11 is 0. The van der Waals surface area contributed by atoms with Gasteiger partial charge in [0.1, 0.15) is 5.69 Å². The van der Waals surface area contributed by atoms with Gasteiger partial charge in [-0.3, -0.25) is 0 Å². The molecule has 0 aliphatic heterocycles. The first kappa shape index (κ1) is 14.0. The molecule has 4 nitrogen and oxygen atoms in total. The number of aryl methyl sites for hydroxylation is 1. The molecule has 3 rings (SSSR count).